The molecule has 1 aromatic carbocycles. The SMILES string of the molecule is NNC(Cc1ccccc1Cl)c1cc2c(s1)CCCC2. The molecule has 2 nitrogen and oxygen atoms in total. The highest BCUT2D eigenvalue weighted by molar-refractivity contribution is 7.12. The van der Waals surface area contributed by atoms with E-state index in [4.69, 9.17) is 17.4 Å². The van der Waals surface area contributed by atoms with Crippen molar-refractivity contribution in [2.75, 3.05) is 0 Å². The predicted molar refractivity (Wildman–Crippen MR) is 86.2 cm³/mol. The minimum Gasteiger partial charge on any atom is -0.271 e. The standard InChI is InChI=1S/C16H19ClN2S/c17-13-7-3-1-5-11(13)9-14(19-18)16-10-12-6-2-4-8-15(12)20-16/h1,3,5,7,10,14,19H,2,4,6,8-9,18H2. The third kappa shape index (κ3) is 2.91. The predicted octanol–water partition coefficient (Wildman–Crippen LogP) is 4.03. The van der Waals surface area contributed by atoms with E-state index in [2.05, 4.69) is 17.6 Å². The van der Waals surface area contributed by atoms with Gasteiger partial charge in [-0.3, -0.25) is 11.3 Å². The molecule has 1 aromatic heterocycles. The zero-order valence-corrected chi connectivity index (χ0v) is 12.9. The summed E-state index contributed by atoms with van der Waals surface area (Å²) >= 11 is 8.16. The van der Waals surface area contributed by atoms with Gasteiger partial charge in [0.1, 0.15) is 0 Å². The molecule has 0 spiro atoms. The average Bonchev–Trinajstić information content (AvgIpc) is 2.90. The first kappa shape index (κ1) is 14.1. The Balaban J connectivity index is 1.83. The number of benzene rings is 1. The molecular weight excluding hydrogens is 288 g/mol. The summed E-state index contributed by atoms with van der Waals surface area (Å²) in [7, 11) is 0. The minimum absolute atomic E-state index is 0.144. The maximum Gasteiger partial charge on any atom is 0.0594 e. The summed E-state index contributed by atoms with van der Waals surface area (Å²) < 4.78 is 0. The fourth-order valence-electron chi connectivity index (χ4n) is 2.81. The van der Waals surface area contributed by atoms with Crippen molar-refractivity contribution in [1.82, 2.24) is 5.43 Å². The van der Waals surface area contributed by atoms with Crippen LogP contribution in [0.3, 0.4) is 0 Å². The number of halogens is 1. The zero-order chi connectivity index (χ0) is 13.9. The van der Waals surface area contributed by atoms with E-state index in [-0.39, 0.29) is 6.04 Å². The Labute approximate surface area is 128 Å². The largest absolute Gasteiger partial charge is 0.271 e. The summed E-state index contributed by atoms with van der Waals surface area (Å²) in [6.07, 6.45) is 5.90. The molecule has 3 rings (SSSR count). The highest BCUT2D eigenvalue weighted by Gasteiger charge is 2.19. The van der Waals surface area contributed by atoms with Gasteiger partial charge in [0.25, 0.3) is 0 Å². The van der Waals surface area contributed by atoms with Gasteiger partial charge in [-0.25, -0.2) is 0 Å². The molecule has 0 saturated heterocycles. The lowest BCUT2D eigenvalue weighted by Gasteiger charge is -2.15. The second-order valence-corrected chi connectivity index (χ2v) is 6.89. The number of thiophene rings is 1. The Bertz CT molecular complexity index is 570. The first-order valence-electron chi connectivity index (χ1n) is 7.09. The van der Waals surface area contributed by atoms with Crippen molar-refractivity contribution in [3.63, 3.8) is 0 Å². The summed E-state index contributed by atoms with van der Waals surface area (Å²) in [4.78, 5) is 2.88. The van der Waals surface area contributed by atoms with E-state index in [9.17, 15) is 0 Å². The number of aryl methyl sites for hydroxylation is 2. The van der Waals surface area contributed by atoms with E-state index in [0.717, 1.165) is 17.0 Å². The molecule has 0 bridgehead atoms. The molecule has 1 atom stereocenters. The van der Waals surface area contributed by atoms with Crippen molar-refractivity contribution in [3.05, 3.63) is 56.2 Å². The smallest absolute Gasteiger partial charge is 0.0594 e. The monoisotopic (exact) mass is 306 g/mol. The molecule has 0 amide bonds. The van der Waals surface area contributed by atoms with Gasteiger partial charge in [0.05, 0.1) is 6.04 Å². The highest BCUT2D eigenvalue weighted by Crippen LogP contribution is 2.34. The van der Waals surface area contributed by atoms with Gasteiger partial charge in [-0.2, -0.15) is 0 Å². The number of nitrogens with one attached hydrogen (secondary N) is 1. The zero-order valence-electron chi connectivity index (χ0n) is 11.4. The van der Waals surface area contributed by atoms with Crippen molar-refractivity contribution >= 4 is 22.9 Å². The van der Waals surface area contributed by atoms with Crippen LogP contribution in [0.4, 0.5) is 0 Å². The second-order valence-electron chi connectivity index (χ2n) is 5.32. The molecule has 0 fully saturated rings. The molecule has 1 unspecified atom stereocenters. The third-order valence-corrected chi connectivity index (χ3v) is 5.66. The molecule has 1 aliphatic rings. The van der Waals surface area contributed by atoms with Crippen LogP contribution >= 0.6 is 22.9 Å². The topological polar surface area (TPSA) is 38.0 Å². The maximum absolute atomic E-state index is 6.25. The molecule has 0 radical (unpaired) electrons. The molecule has 3 N–H and O–H groups in total. The van der Waals surface area contributed by atoms with Crippen LogP contribution in [0.25, 0.3) is 0 Å². The van der Waals surface area contributed by atoms with E-state index in [1.807, 2.05) is 29.5 Å². The van der Waals surface area contributed by atoms with Gasteiger partial charge in [0.2, 0.25) is 0 Å². The first-order valence-corrected chi connectivity index (χ1v) is 8.28. The fourth-order valence-corrected chi connectivity index (χ4v) is 4.34. The molecule has 20 heavy (non-hydrogen) atoms. The fraction of sp³-hybridized carbons (Fsp3) is 0.375. The third-order valence-electron chi connectivity index (χ3n) is 3.94. The molecule has 106 valence electrons. The maximum atomic E-state index is 6.25. The second kappa shape index (κ2) is 6.27. The normalized spacial score (nSPS) is 15.9. The number of hydrazine groups is 1. The summed E-state index contributed by atoms with van der Waals surface area (Å²) in [5.74, 6) is 5.77. The first-order chi connectivity index (χ1) is 9.78. The Morgan fingerprint density at radius 1 is 1.25 bits per heavy atom. The molecule has 0 saturated carbocycles. The quantitative estimate of drug-likeness (QED) is 0.661. The van der Waals surface area contributed by atoms with Gasteiger partial charge in [0.15, 0.2) is 0 Å². The lowest BCUT2D eigenvalue weighted by molar-refractivity contribution is 0.560. The van der Waals surface area contributed by atoms with Crippen LogP contribution in [0.2, 0.25) is 5.02 Å². The van der Waals surface area contributed by atoms with Gasteiger partial charge in [-0.1, -0.05) is 29.8 Å². The van der Waals surface area contributed by atoms with Crippen LogP contribution in [-0.4, -0.2) is 0 Å². The van der Waals surface area contributed by atoms with E-state index in [1.54, 1.807) is 4.88 Å². The Hall–Kier alpha value is -0.870. The van der Waals surface area contributed by atoms with E-state index < -0.39 is 0 Å². The Morgan fingerprint density at radius 3 is 2.80 bits per heavy atom. The summed E-state index contributed by atoms with van der Waals surface area (Å²) in [6.45, 7) is 0. The average molecular weight is 307 g/mol. The van der Waals surface area contributed by atoms with E-state index in [1.165, 1.54) is 36.1 Å². The lowest BCUT2D eigenvalue weighted by atomic mass is 9.98. The lowest BCUT2D eigenvalue weighted by Crippen LogP contribution is -2.29. The van der Waals surface area contributed by atoms with Gasteiger partial charge in [0, 0.05) is 14.8 Å². The van der Waals surface area contributed by atoms with Crippen LogP contribution in [0.15, 0.2) is 30.3 Å². The Morgan fingerprint density at radius 2 is 2.05 bits per heavy atom. The van der Waals surface area contributed by atoms with Crippen LogP contribution in [0, 0.1) is 0 Å². The van der Waals surface area contributed by atoms with Crippen LogP contribution in [0.1, 0.15) is 39.8 Å². The van der Waals surface area contributed by atoms with E-state index in [0.29, 0.717) is 0 Å². The van der Waals surface area contributed by atoms with Crippen LogP contribution in [-0.2, 0) is 19.3 Å². The van der Waals surface area contributed by atoms with Gasteiger partial charge in [-0.15, -0.1) is 11.3 Å². The van der Waals surface area contributed by atoms with Gasteiger partial charge < -0.3 is 0 Å². The van der Waals surface area contributed by atoms with Crippen molar-refractivity contribution in [3.8, 4) is 0 Å². The van der Waals surface area contributed by atoms with Crippen molar-refractivity contribution < 1.29 is 0 Å². The Kier molecular flexibility index (Phi) is 4.41. The summed E-state index contributed by atoms with van der Waals surface area (Å²) in [5, 5.41) is 0.814. The minimum atomic E-state index is 0.144. The molecule has 2 aromatic rings. The van der Waals surface area contributed by atoms with Crippen LogP contribution in [0.5, 0.6) is 0 Å². The number of fused-ring (bicyclic) bond motifs is 1. The van der Waals surface area contributed by atoms with Gasteiger partial charge >= 0.3 is 0 Å². The number of hydrogen-bond acceptors (Lipinski definition) is 3. The van der Waals surface area contributed by atoms with Crippen molar-refractivity contribution in [1.29, 1.82) is 0 Å². The van der Waals surface area contributed by atoms with Gasteiger partial charge in [-0.05, 0) is 55.4 Å². The summed E-state index contributed by atoms with van der Waals surface area (Å²) in [5.41, 5.74) is 5.62. The number of nitrogens with two attached hydrogens (primary N) is 1. The number of rotatable bonds is 4. The number of hydrogen-bond donors (Lipinski definition) is 2. The highest BCUT2D eigenvalue weighted by atomic mass is 35.5. The van der Waals surface area contributed by atoms with Crippen molar-refractivity contribution in [2.45, 2.75) is 38.1 Å². The van der Waals surface area contributed by atoms with E-state index >= 15 is 0 Å². The van der Waals surface area contributed by atoms with Crippen LogP contribution < -0.4 is 11.3 Å². The molecule has 1 aliphatic carbocycles. The molecule has 4 heteroatoms. The van der Waals surface area contributed by atoms with Crippen molar-refractivity contribution in [2.24, 2.45) is 5.84 Å². The molecule has 0 aliphatic heterocycles. The summed E-state index contributed by atoms with van der Waals surface area (Å²) in [6, 6.07) is 10.5. The molecule has 1 heterocycles. The molecular formula is C16H19ClN2S.